The molecule has 0 unspecified atom stereocenters. The second-order valence-electron chi connectivity index (χ2n) is 5.45. The number of rotatable bonds is 5. The quantitative estimate of drug-likeness (QED) is 0.571. The largest absolute Gasteiger partial charge is 0.486 e. The number of thiazole rings is 1. The summed E-state index contributed by atoms with van der Waals surface area (Å²) in [6, 6.07) is 10.1. The molecule has 0 atom stereocenters. The van der Waals surface area contributed by atoms with E-state index in [2.05, 4.69) is 10.3 Å². The van der Waals surface area contributed by atoms with Crippen molar-refractivity contribution >= 4 is 51.8 Å². The van der Waals surface area contributed by atoms with Crippen LogP contribution in [-0.2, 0) is 6.61 Å². The van der Waals surface area contributed by atoms with Crippen LogP contribution >= 0.6 is 34.5 Å². The lowest BCUT2D eigenvalue weighted by Gasteiger charge is -2.12. The van der Waals surface area contributed by atoms with E-state index < -0.39 is 0 Å². The van der Waals surface area contributed by atoms with Crippen molar-refractivity contribution in [1.29, 1.82) is 0 Å². The van der Waals surface area contributed by atoms with Crippen LogP contribution in [-0.4, -0.2) is 10.9 Å². The fraction of sp³-hybridized carbons (Fsp3) is 0.111. The number of nitrogens with one attached hydrogen (secondary N) is 1. The van der Waals surface area contributed by atoms with Gasteiger partial charge in [-0.2, -0.15) is 0 Å². The molecular formula is C18H15Cl2N3O2S. The highest BCUT2D eigenvalue weighted by Crippen LogP contribution is 2.31. The third kappa shape index (κ3) is 4.27. The Balaban J connectivity index is 1.77. The summed E-state index contributed by atoms with van der Waals surface area (Å²) in [6.07, 6.45) is 0. The summed E-state index contributed by atoms with van der Waals surface area (Å²) < 4.78 is 5.77. The van der Waals surface area contributed by atoms with Crippen LogP contribution in [0.2, 0.25) is 10.0 Å². The van der Waals surface area contributed by atoms with Crippen molar-refractivity contribution in [3.8, 4) is 5.75 Å². The maximum Gasteiger partial charge on any atom is 0.259 e. The van der Waals surface area contributed by atoms with E-state index in [0.717, 1.165) is 10.7 Å². The van der Waals surface area contributed by atoms with Gasteiger partial charge < -0.3 is 15.8 Å². The van der Waals surface area contributed by atoms with Crippen LogP contribution in [0.15, 0.2) is 41.8 Å². The van der Waals surface area contributed by atoms with Crippen LogP contribution in [0.5, 0.6) is 5.75 Å². The molecule has 5 nitrogen and oxygen atoms in total. The fourth-order valence-electron chi connectivity index (χ4n) is 2.26. The third-order valence-corrected chi connectivity index (χ3v) is 4.96. The molecule has 3 aromatic rings. The second-order valence-corrected chi connectivity index (χ2v) is 7.33. The number of para-hydroxylation sites is 1. The summed E-state index contributed by atoms with van der Waals surface area (Å²) >= 11 is 13.6. The van der Waals surface area contributed by atoms with E-state index in [9.17, 15) is 4.79 Å². The van der Waals surface area contributed by atoms with Gasteiger partial charge in [0.05, 0.1) is 32.0 Å². The van der Waals surface area contributed by atoms with E-state index in [4.69, 9.17) is 33.7 Å². The molecule has 0 radical (unpaired) electrons. The number of amides is 1. The summed E-state index contributed by atoms with van der Waals surface area (Å²) in [5.41, 5.74) is 7.64. The molecule has 0 aliphatic heterocycles. The molecule has 26 heavy (non-hydrogen) atoms. The number of carbonyl (C=O) groups excluding carboxylic acids is 1. The molecule has 3 rings (SSSR count). The zero-order chi connectivity index (χ0) is 18.7. The van der Waals surface area contributed by atoms with Gasteiger partial charge in [-0.25, -0.2) is 4.98 Å². The standard InChI is InChI=1S/C18H15Cl2N3O2S/c1-10-22-12(9-26-10)8-25-16-5-3-2-4-13(16)18(24)23-11-6-14(19)17(21)15(20)7-11/h2-7,9H,8,21H2,1H3,(H,23,24). The third-order valence-electron chi connectivity index (χ3n) is 3.51. The number of benzene rings is 2. The Morgan fingerprint density at radius 2 is 1.96 bits per heavy atom. The van der Waals surface area contributed by atoms with Gasteiger partial charge >= 0.3 is 0 Å². The van der Waals surface area contributed by atoms with E-state index in [1.54, 1.807) is 47.7 Å². The van der Waals surface area contributed by atoms with Gasteiger partial charge in [-0.05, 0) is 31.2 Å². The number of nitrogens with zero attached hydrogens (tertiary/aromatic N) is 1. The Kier molecular flexibility index (Phi) is 5.66. The first kappa shape index (κ1) is 18.5. The molecule has 0 bridgehead atoms. The number of nitrogen functional groups attached to an aromatic ring is 1. The number of hydrogen-bond acceptors (Lipinski definition) is 5. The zero-order valence-corrected chi connectivity index (χ0v) is 16.1. The molecule has 0 spiro atoms. The predicted octanol–water partition coefficient (Wildman–Crippen LogP) is 5.17. The summed E-state index contributed by atoms with van der Waals surface area (Å²) in [6.45, 7) is 2.21. The Morgan fingerprint density at radius 3 is 2.62 bits per heavy atom. The van der Waals surface area contributed by atoms with Gasteiger partial charge in [0.2, 0.25) is 0 Å². The van der Waals surface area contributed by atoms with Crippen LogP contribution in [0.4, 0.5) is 11.4 Å². The van der Waals surface area contributed by atoms with Crippen LogP contribution in [0.1, 0.15) is 21.1 Å². The van der Waals surface area contributed by atoms with Crippen molar-refractivity contribution in [3.05, 3.63) is 68.1 Å². The predicted molar refractivity (Wildman–Crippen MR) is 106 cm³/mol. The molecular weight excluding hydrogens is 393 g/mol. The number of ether oxygens (including phenoxy) is 1. The average Bonchev–Trinajstić information content (AvgIpc) is 3.03. The normalized spacial score (nSPS) is 10.6. The number of halogens is 2. The van der Waals surface area contributed by atoms with Crippen LogP contribution in [0, 0.1) is 6.92 Å². The number of aromatic nitrogens is 1. The van der Waals surface area contributed by atoms with Crippen molar-refractivity contribution in [2.24, 2.45) is 0 Å². The van der Waals surface area contributed by atoms with E-state index in [-0.39, 0.29) is 28.2 Å². The van der Waals surface area contributed by atoms with Crippen molar-refractivity contribution < 1.29 is 9.53 Å². The SMILES string of the molecule is Cc1nc(COc2ccccc2C(=O)Nc2cc(Cl)c(N)c(Cl)c2)cs1. The first-order valence-corrected chi connectivity index (χ1v) is 9.26. The van der Waals surface area contributed by atoms with Gasteiger partial charge in [-0.3, -0.25) is 4.79 Å². The second kappa shape index (κ2) is 7.95. The van der Waals surface area contributed by atoms with Gasteiger partial charge in [0, 0.05) is 11.1 Å². The number of aryl methyl sites for hydroxylation is 1. The fourth-order valence-corrected chi connectivity index (χ4v) is 3.35. The molecule has 3 N–H and O–H groups in total. The minimum atomic E-state index is -0.341. The van der Waals surface area contributed by atoms with Crippen LogP contribution in [0.25, 0.3) is 0 Å². The number of anilines is 2. The van der Waals surface area contributed by atoms with Gasteiger partial charge in [-0.1, -0.05) is 35.3 Å². The van der Waals surface area contributed by atoms with E-state index in [0.29, 0.717) is 17.0 Å². The zero-order valence-electron chi connectivity index (χ0n) is 13.8. The van der Waals surface area contributed by atoms with Crippen molar-refractivity contribution in [1.82, 2.24) is 4.98 Å². The van der Waals surface area contributed by atoms with Crippen LogP contribution in [0.3, 0.4) is 0 Å². The smallest absolute Gasteiger partial charge is 0.259 e. The van der Waals surface area contributed by atoms with E-state index >= 15 is 0 Å². The number of hydrogen-bond donors (Lipinski definition) is 2. The Bertz CT molecular complexity index is 936. The Labute approximate surface area is 164 Å². The van der Waals surface area contributed by atoms with Gasteiger partial charge in [-0.15, -0.1) is 11.3 Å². The molecule has 1 amide bonds. The molecule has 0 saturated heterocycles. The van der Waals surface area contributed by atoms with E-state index in [1.165, 1.54) is 0 Å². The highest BCUT2D eigenvalue weighted by molar-refractivity contribution is 7.09. The van der Waals surface area contributed by atoms with E-state index in [1.807, 2.05) is 12.3 Å². The molecule has 8 heteroatoms. The first-order chi connectivity index (χ1) is 12.4. The molecule has 1 heterocycles. The van der Waals surface area contributed by atoms with Gasteiger partial charge in [0.15, 0.2) is 0 Å². The Hall–Kier alpha value is -2.28. The minimum absolute atomic E-state index is 0.272. The molecule has 134 valence electrons. The van der Waals surface area contributed by atoms with Crippen molar-refractivity contribution in [2.45, 2.75) is 13.5 Å². The lowest BCUT2D eigenvalue weighted by atomic mass is 10.1. The molecule has 1 aromatic heterocycles. The van der Waals surface area contributed by atoms with Crippen molar-refractivity contribution in [2.75, 3.05) is 11.1 Å². The molecule has 0 aliphatic rings. The summed E-state index contributed by atoms with van der Waals surface area (Å²) in [7, 11) is 0. The maximum absolute atomic E-state index is 12.6. The monoisotopic (exact) mass is 407 g/mol. The number of nitrogens with two attached hydrogens (primary N) is 1. The summed E-state index contributed by atoms with van der Waals surface area (Å²) in [5.74, 6) is 0.121. The number of carbonyl (C=O) groups is 1. The average molecular weight is 408 g/mol. The summed E-state index contributed by atoms with van der Waals surface area (Å²) in [5, 5.41) is 6.19. The topological polar surface area (TPSA) is 77.2 Å². The first-order valence-electron chi connectivity index (χ1n) is 7.62. The lowest BCUT2D eigenvalue weighted by Crippen LogP contribution is -2.14. The molecule has 2 aromatic carbocycles. The Morgan fingerprint density at radius 1 is 1.27 bits per heavy atom. The maximum atomic E-state index is 12.6. The van der Waals surface area contributed by atoms with Gasteiger partial charge in [0.1, 0.15) is 12.4 Å². The minimum Gasteiger partial charge on any atom is -0.486 e. The molecule has 0 saturated carbocycles. The van der Waals surface area contributed by atoms with Crippen LogP contribution < -0.4 is 15.8 Å². The molecule has 0 aliphatic carbocycles. The highest BCUT2D eigenvalue weighted by Gasteiger charge is 2.14. The summed E-state index contributed by atoms with van der Waals surface area (Å²) in [4.78, 5) is 17.0. The van der Waals surface area contributed by atoms with Gasteiger partial charge in [0.25, 0.3) is 5.91 Å². The van der Waals surface area contributed by atoms with Crippen molar-refractivity contribution in [3.63, 3.8) is 0 Å². The molecule has 0 fully saturated rings. The highest BCUT2D eigenvalue weighted by atomic mass is 35.5. The lowest BCUT2D eigenvalue weighted by molar-refractivity contribution is 0.102.